The molecule has 1 atom stereocenters. The number of hydrogen-bond donors (Lipinski definition) is 1. The Balaban J connectivity index is 1.78. The lowest BCUT2D eigenvalue weighted by Gasteiger charge is -2.33. The number of fused-ring (bicyclic) bond motifs is 1. The van der Waals surface area contributed by atoms with Crippen LogP contribution >= 0.6 is 0 Å². The van der Waals surface area contributed by atoms with E-state index in [0.29, 0.717) is 35.3 Å². The molecule has 1 unspecified atom stereocenters. The second-order valence-corrected chi connectivity index (χ2v) is 9.93. The highest BCUT2D eigenvalue weighted by Crippen LogP contribution is 2.41. The summed E-state index contributed by atoms with van der Waals surface area (Å²) >= 11 is 0. The standard InChI is InChI=1S/C30H36N4O4/c1-20-14-26(37-3)28(27(15-20)38-4)34(18-21-10-6-5-7-11-21)30(36)23(17-31)19-33-24-13-9-8-12-22(24)16-25(33)29(35)32-2/h8-9,12-16,21,23H,5-7,10-11,18-19H2,1-4H3,(H,32,35). The van der Waals surface area contributed by atoms with E-state index in [4.69, 9.17) is 9.47 Å². The minimum Gasteiger partial charge on any atom is -0.494 e. The predicted octanol–water partition coefficient (Wildman–Crippen LogP) is 5.08. The van der Waals surface area contributed by atoms with Gasteiger partial charge in [-0.1, -0.05) is 37.5 Å². The van der Waals surface area contributed by atoms with Crippen molar-refractivity contribution >= 4 is 28.4 Å². The Hall–Kier alpha value is -3.99. The number of para-hydroxylation sites is 1. The van der Waals surface area contributed by atoms with Crippen molar-refractivity contribution in [2.45, 2.75) is 45.6 Å². The molecule has 1 fully saturated rings. The third kappa shape index (κ3) is 5.47. The van der Waals surface area contributed by atoms with Crippen LogP contribution in [0.3, 0.4) is 0 Å². The topological polar surface area (TPSA) is 96.6 Å². The first-order chi connectivity index (χ1) is 18.4. The molecule has 1 N–H and O–H groups in total. The van der Waals surface area contributed by atoms with E-state index in [9.17, 15) is 14.9 Å². The molecular weight excluding hydrogens is 480 g/mol. The van der Waals surface area contributed by atoms with E-state index in [0.717, 1.165) is 42.1 Å². The quantitative estimate of drug-likeness (QED) is 0.428. The smallest absolute Gasteiger partial charge is 0.267 e. The number of rotatable bonds is 9. The fourth-order valence-electron chi connectivity index (χ4n) is 5.48. The summed E-state index contributed by atoms with van der Waals surface area (Å²) in [6.45, 7) is 2.46. The highest BCUT2D eigenvalue weighted by Gasteiger charge is 2.33. The summed E-state index contributed by atoms with van der Waals surface area (Å²) in [6.07, 6.45) is 5.51. The Kier molecular flexibility index (Phi) is 8.57. The monoisotopic (exact) mass is 516 g/mol. The van der Waals surface area contributed by atoms with Crippen molar-refractivity contribution in [3.05, 3.63) is 53.7 Å². The molecule has 2 aromatic carbocycles. The summed E-state index contributed by atoms with van der Waals surface area (Å²) in [5.74, 6) is -0.268. The first kappa shape index (κ1) is 27.1. The lowest BCUT2D eigenvalue weighted by molar-refractivity contribution is -0.121. The highest BCUT2D eigenvalue weighted by molar-refractivity contribution is 6.01. The Morgan fingerprint density at radius 1 is 1.11 bits per heavy atom. The minimum absolute atomic E-state index is 0.0449. The number of anilines is 1. The van der Waals surface area contributed by atoms with Gasteiger partial charge >= 0.3 is 0 Å². The zero-order valence-electron chi connectivity index (χ0n) is 22.6. The van der Waals surface area contributed by atoms with Crippen LogP contribution in [0.25, 0.3) is 10.9 Å². The maximum Gasteiger partial charge on any atom is 0.267 e. The zero-order valence-corrected chi connectivity index (χ0v) is 22.6. The maximum absolute atomic E-state index is 14.3. The largest absolute Gasteiger partial charge is 0.494 e. The van der Waals surface area contributed by atoms with Gasteiger partial charge in [-0.05, 0) is 55.5 Å². The van der Waals surface area contributed by atoms with Gasteiger partial charge in [-0.15, -0.1) is 0 Å². The molecule has 0 spiro atoms. The third-order valence-corrected chi connectivity index (χ3v) is 7.41. The fraction of sp³-hybridized carbons (Fsp3) is 0.433. The van der Waals surface area contributed by atoms with Gasteiger partial charge in [0.25, 0.3) is 5.91 Å². The van der Waals surface area contributed by atoms with E-state index in [2.05, 4.69) is 11.4 Å². The molecular formula is C30H36N4O4. The molecule has 8 heteroatoms. The number of methoxy groups -OCH3 is 2. The second-order valence-electron chi connectivity index (χ2n) is 9.93. The lowest BCUT2D eigenvalue weighted by Crippen LogP contribution is -2.41. The van der Waals surface area contributed by atoms with Crippen molar-refractivity contribution in [3.8, 4) is 17.6 Å². The van der Waals surface area contributed by atoms with E-state index in [1.165, 1.54) is 6.42 Å². The van der Waals surface area contributed by atoms with Crippen molar-refractivity contribution in [3.63, 3.8) is 0 Å². The van der Waals surface area contributed by atoms with Gasteiger partial charge in [0.2, 0.25) is 5.91 Å². The normalized spacial score (nSPS) is 14.5. The van der Waals surface area contributed by atoms with E-state index in [-0.39, 0.29) is 18.4 Å². The predicted molar refractivity (Wildman–Crippen MR) is 148 cm³/mol. The van der Waals surface area contributed by atoms with Gasteiger partial charge in [0.05, 0.1) is 20.3 Å². The number of nitriles is 1. The molecule has 2 amide bonds. The van der Waals surface area contributed by atoms with Crippen LogP contribution in [-0.2, 0) is 11.3 Å². The Morgan fingerprint density at radius 3 is 2.37 bits per heavy atom. The summed E-state index contributed by atoms with van der Waals surface area (Å²) in [6, 6.07) is 15.4. The summed E-state index contributed by atoms with van der Waals surface area (Å²) in [7, 11) is 4.72. The molecule has 8 nitrogen and oxygen atoms in total. The number of carbonyl (C=O) groups is 2. The van der Waals surface area contributed by atoms with Gasteiger partial charge in [-0.2, -0.15) is 5.26 Å². The number of nitrogens with one attached hydrogen (secondary N) is 1. The number of carbonyl (C=O) groups excluding carboxylic acids is 2. The summed E-state index contributed by atoms with van der Waals surface area (Å²) in [4.78, 5) is 28.7. The van der Waals surface area contributed by atoms with Gasteiger partial charge in [-0.25, -0.2) is 0 Å². The average Bonchev–Trinajstić information content (AvgIpc) is 3.32. The van der Waals surface area contributed by atoms with Crippen LogP contribution in [-0.4, -0.2) is 44.2 Å². The number of aryl methyl sites for hydroxylation is 1. The van der Waals surface area contributed by atoms with Crippen LogP contribution in [0.1, 0.15) is 48.2 Å². The molecule has 0 radical (unpaired) electrons. The number of amides is 2. The summed E-state index contributed by atoms with van der Waals surface area (Å²) in [5, 5.41) is 13.8. The Morgan fingerprint density at radius 2 is 1.76 bits per heavy atom. The number of ether oxygens (including phenoxy) is 2. The van der Waals surface area contributed by atoms with E-state index < -0.39 is 5.92 Å². The molecule has 3 aromatic rings. The fourth-order valence-corrected chi connectivity index (χ4v) is 5.48. The van der Waals surface area contributed by atoms with Gasteiger partial charge in [-0.3, -0.25) is 9.59 Å². The molecule has 1 aliphatic carbocycles. The number of aromatic nitrogens is 1. The number of benzene rings is 2. The van der Waals surface area contributed by atoms with Crippen LogP contribution in [0.4, 0.5) is 5.69 Å². The summed E-state index contributed by atoms with van der Waals surface area (Å²) in [5.41, 5.74) is 2.69. The molecule has 4 rings (SSSR count). The first-order valence-corrected chi connectivity index (χ1v) is 13.2. The van der Waals surface area contributed by atoms with Crippen LogP contribution < -0.4 is 19.7 Å². The van der Waals surface area contributed by atoms with Gasteiger partial charge in [0.15, 0.2) is 0 Å². The van der Waals surface area contributed by atoms with Crippen LogP contribution in [0.5, 0.6) is 11.5 Å². The van der Waals surface area contributed by atoms with Gasteiger partial charge in [0.1, 0.15) is 28.8 Å². The molecule has 200 valence electrons. The summed E-state index contributed by atoms with van der Waals surface area (Å²) < 4.78 is 13.2. The van der Waals surface area contributed by atoms with Crippen molar-refractivity contribution in [2.75, 3.05) is 32.7 Å². The Labute approximate surface area is 224 Å². The van der Waals surface area contributed by atoms with E-state index in [1.807, 2.05) is 43.3 Å². The van der Waals surface area contributed by atoms with Crippen molar-refractivity contribution in [1.82, 2.24) is 9.88 Å². The molecule has 0 bridgehead atoms. The van der Waals surface area contributed by atoms with E-state index >= 15 is 0 Å². The lowest BCUT2D eigenvalue weighted by atomic mass is 9.88. The molecule has 1 aromatic heterocycles. The molecule has 1 aliphatic rings. The van der Waals surface area contributed by atoms with Crippen LogP contribution in [0.2, 0.25) is 0 Å². The van der Waals surface area contributed by atoms with Crippen molar-refractivity contribution < 1.29 is 19.1 Å². The average molecular weight is 517 g/mol. The number of hydrogen-bond acceptors (Lipinski definition) is 5. The first-order valence-electron chi connectivity index (χ1n) is 13.2. The second kappa shape index (κ2) is 12.0. The van der Waals surface area contributed by atoms with Gasteiger partial charge < -0.3 is 24.3 Å². The molecule has 0 aliphatic heterocycles. The van der Waals surface area contributed by atoms with Gasteiger partial charge in [0, 0.05) is 31.0 Å². The SMILES string of the molecule is CNC(=O)c1cc2ccccc2n1CC(C#N)C(=O)N(CC1CCCCC1)c1c(OC)cc(C)cc1OC. The molecule has 1 heterocycles. The zero-order chi connectivity index (χ0) is 27.2. The maximum atomic E-state index is 14.3. The number of nitrogens with zero attached hydrogens (tertiary/aromatic N) is 3. The van der Waals surface area contributed by atoms with E-state index in [1.54, 1.807) is 36.8 Å². The van der Waals surface area contributed by atoms with Crippen molar-refractivity contribution in [2.24, 2.45) is 11.8 Å². The Bertz CT molecular complexity index is 1330. The van der Waals surface area contributed by atoms with Crippen LogP contribution in [0, 0.1) is 30.1 Å². The third-order valence-electron chi connectivity index (χ3n) is 7.41. The van der Waals surface area contributed by atoms with Crippen LogP contribution in [0.15, 0.2) is 42.5 Å². The minimum atomic E-state index is -1.03. The molecule has 38 heavy (non-hydrogen) atoms. The molecule has 1 saturated carbocycles. The molecule has 0 saturated heterocycles. The highest BCUT2D eigenvalue weighted by atomic mass is 16.5. The van der Waals surface area contributed by atoms with Crippen molar-refractivity contribution in [1.29, 1.82) is 5.26 Å².